The highest BCUT2D eigenvalue weighted by Crippen LogP contribution is 2.03. The second kappa shape index (κ2) is 8.02. The van der Waals surface area contributed by atoms with E-state index in [1.54, 1.807) is 7.11 Å². The SMILES string of the molecule is CCC.COC[C@@H]1CCCN1.[HH]. The Labute approximate surface area is 71.8 Å². The predicted molar refractivity (Wildman–Crippen MR) is 51.0 cm³/mol. The quantitative estimate of drug-likeness (QED) is 0.669. The molecule has 1 saturated heterocycles. The Kier molecular flexibility index (Phi) is 7.96. The molecule has 0 aromatic carbocycles. The summed E-state index contributed by atoms with van der Waals surface area (Å²) in [5.74, 6) is 0. The summed E-state index contributed by atoms with van der Waals surface area (Å²) in [6.07, 6.45) is 3.85. The molecule has 0 amide bonds. The van der Waals surface area contributed by atoms with E-state index in [1.165, 1.54) is 25.8 Å². The molecule has 0 saturated carbocycles. The van der Waals surface area contributed by atoms with Crippen LogP contribution in [0.25, 0.3) is 0 Å². The number of hydrogen-bond acceptors (Lipinski definition) is 2. The Bertz CT molecular complexity index is 74.9. The van der Waals surface area contributed by atoms with Gasteiger partial charge in [0.1, 0.15) is 0 Å². The van der Waals surface area contributed by atoms with Crippen LogP contribution >= 0.6 is 0 Å². The van der Waals surface area contributed by atoms with Gasteiger partial charge in [0.25, 0.3) is 0 Å². The second-order valence-electron chi connectivity index (χ2n) is 2.96. The molecule has 0 bridgehead atoms. The number of ether oxygens (including phenoxy) is 1. The van der Waals surface area contributed by atoms with Gasteiger partial charge in [0.2, 0.25) is 0 Å². The van der Waals surface area contributed by atoms with Crippen molar-refractivity contribution in [3.05, 3.63) is 0 Å². The Hall–Kier alpha value is -0.0800. The van der Waals surface area contributed by atoms with E-state index in [2.05, 4.69) is 19.2 Å². The molecule has 1 rings (SSSR count). The van der Waals surface area contributed by atoms with E-state index in [9.17, 15) is 0 Å². The summed E-state index contributed by atoms with van der Waals surface area (Å²) in [5.41, 5.74) is 0. The molecule has 70 valence electrons. The van der Waals surface area contributed by atoms with E-state index < -0.39 is 0 Å². The fourth-order valence-corrected chi connectivity index (χ4v) is 1.10. The van der Waals surface area contributed by atoms with E-state index in [0.29, 0.717) is 6.04 Å². The lowest BCUT2D eigenvalue weighted by molar-refractivity contribution is 0.173. The number of rotatable bonds is 2. The maximum absolute atomic E-state index is 4.96. The number of methoxy groups -OCH3 is 1. The molecular formula is C9H23NO. The minimum Gasteiger partial charge on any atom is -0.383 e. The molecule has 0 radical (unpaired) electrons. The summed E-state index contributed by atoms with van der Waals surface area (Å²) >= 11 is 0. The zero-order valence-electron chi connectivity index (χ0n) is 8.02. The third kappa shape index (κ3) is 6.32. The highest BCUT2D eigenvalue weighted by molar-refractivity contribution is 4.72. The van der Waals surface area contributed by atoms with Gasteiger partial charge in [-0.25, -0.2) is 0 Å². The zero-order chi connectivity index (χ0) is 8.53. The molecule has 1 aliphatic heterocycles. The van der Waals surface area contributed by atoms with Crippen LogP contribution in [0.1, 0.15) is 34.5 Å². The summed E-state index contributed by atoms with van der Waals surface area (Å²) in [6.45, 7) is 6.30. The highest BCUT2D eigenvalue weighted by Gasteiger charge is 2.11. The van der Waals surface area contributed by atoms with Gasteiger partial charge in [0.15, 0.2) is 0 Å². The lowest BCUT2D eigenvalue weighted by Gasteiger charge is -2.05. The topological polar surface area (TPSA) is 21.3 Å². The molecule has 0 aromatic heterocycles. The molecule has 1 atom stereocenters. The molecule has 0 aliphatic carbocycles. The van der Waals surface area contributed by atoms with Crippen LogP contribution in [0.5, 0.6) is 0 Å². The van der Waals surface area contributed by atoms with Gasteiger partial charge < -0.3 is 10.1 Å². The number of hydrogen-bond donors (Lipinski definition) is 1. The lowest BCUT2D eigenvalue weighted by atomic mass is 10.2. The second-order valence-corrected chi connectivity index (χ2v) is 2.96. The maximum atomic E-state index is 4.96. The lowest BCUT2D eigenvalue weighted by Crippen LogP contribution is -2.25. The van der Waals surface area contributed by atoms with Gasteiger partial charge in [0.05, 0.1) is 6.61 Å². The third-order valence-electron chi connectivity index (χ3n) is 1.53. The summed E-state index contributed by atoms with van der Waals surface area (Å²) in [7, 11) is 1.75. The molecule has 1 N–H and O–H groups in total. The van der Waals surface area contributed by atoms with Crippen molar-refractivity contribution in [1.29, 1.82) is 0 Å². The maximum Gasteiger partial charge on any atom is 0.0615 e. The van der Waals surface area contributed by atoms with Gasteiger partial charge in [-0.15, -0.1) is 0 Å². The predicted octanol–water partition coefficient (Wildman–Crippen LogP) is 2.05. The van der Waals surface area contributed by atoms with Crippen molar-refractivity contribution >= 4 is 0 Å². The first-order chi connectivity index (χ1) is 5.35. The molecule has 11 heavy (non-hydrogen) atoms. The highest BCUT2D eigenvalue weighted by atomic mass is 16.5. The minimum atomic E-state index is 0. The average molecular weight is 161 g/mol. The Morgan fingerprint density at radius 2 is 2.18 bits per heavy atom. The smallest absolute Gasteiger partial charge is 0.0615 e. The zero-order valence-corrected chi connectivity index (χ0v) is 8.02. The molecule has 1 heterocycles. The molecule has 0 spiro atoms. The van der Waals surface area contributed by atoms with E-state index in [0.717, 1.165) is 6.61 Å². The van der Waals surface area contributed by atoms with Crippen LogP contribution in [-0.4, -0.2) is 26.3 Å². The van der Waals surface area contributed by atoms with Crippen LogP contribution in [0.4, 0.5) is 0 Å². The van der Waals surface area contributed by atoms with E-state index in [1.807, 2.05) is 0 Å². The molecule has 0 unspecified atom stereocenters. The first-order valence-corrected chi connectivity index (χ1v) is 4.57. The molecule has 2 nitrogen and oxygen atoms in total. The molecular weight excluding hydrogens is 138 g/mol. The van der Waals surface area contributed by atoms with Crippen LogP contribution < -0.4 is 5.32 Å². The van der Waals surface area contributed by atoms with Gasteiger partial charge in [-0.1, -0.05) is 20.3 Å². The number of nitrogens with one attached hydrogen (secondary N) is 1. The van der Waals surface area contributed by atoms with Crippen LogP contribution in [0.3, 0.4) is 0 Å². The van der Waals surface area contributed by atoms with Crippen molar-refractivity contribution in [1.82, 2.24) is 5.32 Å². The minimum absolute atomic E-state index is 0. The van der Waals surface area contributed by atoms with Crippen LogP contribution in [-0.2, 0) is 4.74 Å². The summed E-state index contributed by atoms with van der Waals surface area (Å²) < 4.78 is 4.96. The molecule has 2 heteroatoms. The first kappa shape index (κ1) is 10.9. The van der Waals surface area contributed by atoms with E-state index >= 15 is 0 Å². The Balaban J connectivity index is 0. The summed E-state index contributed by atoms with van der Waals surface area (Å²) in [5, 5.41) is 3.33. The Morgan fingerprint density at radius 3 is 2.55 bits per heavy atom. The van der Waals surface area contributed by atoms with Crippen molar-refractivity contribution in [3.63, 3.8) is 0 Å². The Morgan fingerprint density at radius 1 is 1.55 bits per heavy atom. The van der Waals surface area contributed by atoms with Gasteiger partial charge in [-0.05, 0) is 19.4 Å². The standard InChI is InChI=1S/C6H13NO.C3H8.H2/c1-8-5-6-3-2-4-7-6;1-3-2;/h6-7H,2-5H2,1H3;3H2,1-2H3;1H/t6-;;/m0../s1. The fraction of sp³-hybridized carbons (Fsp3) is 1.00. The molecule has 1 fully saturated rings. The van der Waals surface area contributed by atoms with Crippen molar-refractivity contribution in [2.45, 2.75) is 39.2 Å². The molecule has 0 aromatic rings. The van der Waals surface area contributed by atoms with Crippen LogP contribution in [0.15, 0.2) is 0 Å². The molecule has 1 aliphatic rings. The first-order valence-electron chi connectivity index (χ1n) is 4.57. The van der Waals surface area contributed by atoms with Gasteiger partial charge >= 0.3 is 0 Å². The van der Waals surface area contributed by atoms with Crippen molar-refractivity contribution in [2.24, 2.45) is 0 Å². The van der Waals surface area contributed by atoms with Crippen molar-refractivity contribution < 1.29 is 6.16 Å². The van der Waals surface area contributed by atoms with Crippen LogP contribution in [0.2, 0.25) is 0 Å². The fourth-order valence-electron chi connectivity index (χ4n) is 1.10. The normalized spacial score (nSPS) is 22.6. The monoisotopic (exact) mass is 161 g/mol. The summed E-state index contributed by atoms with van der Waals surface area (Å²) in [4.78, 5) is 0. The van der Waals surface area contributed by atoms with E-state index in [4.69, 9.17) is 4.74 Å². The van der Waals surface area contributed by atoms with Gasteiger partial charge in [0, 0.05) is 14.6 Å². The van der Waals surface area contributed by atoms with E-state index in [-0.39, 0.29) is 1.43 Å². The third-order valence-corrected chi connectivity index (χ3v) is 1.53. The van der Waals surface area contributed by atoms with Gasteiger partial charge in [-0.2, -0.15) is 0 Å². The average Bonchev–Trinajstić information content (AvgIpc) is 2.42. The van der Waals surface area contributed by atoms with Crippen molar-refractivity contribution in [3.8, 4) is 0 Å². The summed E-state index contributed by atoms with van der Waals surface area (Å²) in [6, 6.07) is 0.639. The van der Waals surface area contributed by atoms with Crippen LogP contribution in [0, 0.1) is 0 Å². The van der Waals surface area contributed by atoms with Gasteiger partial charge in [-0.3, -0.25) is 0 Å². The largest absolute Gasteiger partial charge is 0.383 e. The van der Waals surface area contributed by atoms with Crippen molar-refractivity contribution in [2.75, 3.05) is 20.3 Å².